The Morgan fingerprint density at radius 2 is 2.18 bits per heavy atom. The molecule has 0 unspecified atom stereocenters. The van der Waals surface area contributed by atoms with E-state index in [1.165, 1.54) is 0 Å². The Morgan fingerprint density at radius 1 is 1.47 bits per heavy atom. The molecule has 2 fully saturated rings. The minimum atomic E-state index is -1.08. The summed E-state index contributed by atoms with van der Waals surface area (Å²) < 4.78 is 16.2. The fourth-order valence-corrected chi connectivity index (χ4v) is 2.06. The Kier molecular flexibility index (Phi) is 3.26. The van der Waals surface area contributed by atoms with E-state index in [0.29, 0.717) is 0 Å². The zero-order valence-electron chi connectivity index (χ0n) is 9.55. The fourth-order valence-electron chi connectivity index (χ4n) is 2.06. The van der Waals surface area contributed by atoms with Gasteiger partial charge in [0.25, 0.3) is 0 Å². The lowest BCUT2D eigenvalue weighted by atomic mass is 10.1. The second-order valence-electron chi connectivity index (χ2n) is 4.54. The molecule has 2 aliphatic heterocycles. The van der Waals surface area contributed by atoms with E-state index >= 15 is 0 Å². The number of aliphatic hydroxyl groups is 2. The molecule has 0 bridgehead atoms. The van der Waals surface area contributed by atoms with Crippen molar-refractivity contribution in [3.05, 3.63) is 10.4 Å². The summed E-state index contributed by atoms with van der Waals surface area (Å²) in [5, 5.41) is 22.8. The molecule has 2 N–H and O–H groups in total. The quantitative estimate of drug-likeness (QED) is 0.409. The van der Waals surface area contributed by atoms with E-state index in [4.69, 9.17) is 19.7 Å². The van der Waals surface area contributed by atoms with Gasteiger partial charge in [0.15, 0.2) is 12.1 Å². The number of nitrogens with zero attached hydrogens (tertiary/aromatic N) is 3. The van der Waals surface area contributed by atoms with Gasteiger partial charge in [0.05, 0.1) is 12.6 Å². The summed E-state index contributed by atoms with van der Waals surface area (Å²) in [7, 11) is 0. The lowest BCUT2D eigenvalue weighted by Gasteiger charge is -2.25. The zero-order chi connectivity index (χ0) is 12.6. The van der Waals surface area contributed by atoms with Crippen LogP contribution in [0.4, 0.5) is 0 Å². The molecule has 0 saturated carbocycles. The van der Waals surface area contributed by atoms with Crippen LogP contribution >= 0.6 is 0 Å². The number of aliphatic hydroxyl groups excluding tert-OH is 2. The molecule has 2 rings (SSSR count). The van der Waals surface area contributed by atoms with Crippen molar-refractivity contribution in [2.45, 2.75) is 50.3 Å². The Morgan fingerprint density at radius 3 is 2.76 bits per heavy atom. The van der Waals surface area contributed by atoms with Crippen molar-refractivity contribution >= 4 is 0 Å². The number of fused-ring (bicyclic) bond motifs is 1. The van der Waals surface area contributed by atoms with Crippen LogP contribution in [0.2, 0.25) is 0 Å². The van der Waals surface area contributed by atoms with Crippen LogP contribution in [0.3, 0.4) is 0 Å². The van der Waals surface area contributed by atoms with Crippen molar-refractivity contribution in [2.24, 2.45) is 5.11 Å². The van der Waals surface area contributed by atoms with Gasteiger partial charge in [-0.1, -0.05) is 5.11 Å². The highest BCUT2D eigenvalue weighted by Gasteiger charge is 2.55. The number of azide groups is 1. The predicted molar refractivity (Wildman–Crippen MR) is 54.7 cm³/mol. The fraction of sp³-hybridized carbons (Fsp3) is 1.00. The van der Waals surface area contributed by atoms with Crippen LogP contribution in [-0.2, 0) is 14.2 Å². The van der Waals surface area contributed by atoms with Gasteiger partial charge in [0.1, 0.15) is 18.3 Å². The average Bonchev–Trinajstić information content (AvgIpc) is 2.70. The number of hydrogen-bond donors (Lipinski definition) is 2. The minimum absolute atomic E-state index is 0.166. The Balaban J connectivity index is 2.00. The van der Waals surface area contributed by atoms with Crippen molar-refractivity contribution in [1.82, 2.24) is 0 Å². The first-order valence-electron chi connectivity index (χ1n) is 5.33. The Bertz CT molecular complexity index is 344. The van der Waals surface area contributed by atoms with Crippen molar-refractivity contribution in [1.29, 1.82) is 0 Å². The van der Waals surface area contributed by atoms with E-state index in [-0.39, 0.29) is 6.54 Å². The average molecular weight is 245 g/mol. The summed E-state index contributed by atoms with van der Waals surface area (Å²) in [6.45, 7) is 3.26. The molecule has 96 valence electrons. The predicted octanol–water partition coefficient (Wildman–Crippen LogP) is -0.105. The molecule has 0 radical (unpaired) electrons. The highest BCUT2D eigenvalue weighted by Crippen LogP contribution is 2.38. The number of rotatable bonds is 3. The maximum Gasteiger partial charge on any atom is 0.190 e. The van der Waals surface area contributed by atoms with Crippen LogP contribution in [0.5, 0.6) is 0 Å². The maximum absolute atomic E-state index is 9.94. The molecule has 5 atom stereocenters. The third kappa shape index (κ3) is 2.37. The molecular formula is C9H15N3O5. The molecule has 0 amide bonds. The van der Waals surface area contributed by atoms with E-state index < -0.39 is 36.5 Å². The van der Waals surface area contributed by atoms with Gasteiger partial charge in [-0.3, -0.25) is 0 Å². The first kappa shape index (κ1) is 12.6. The van der Waals surface area contributed by atoms with Crippen LogP contribution in [0, 0.1) is 0 Å². The molecule has 0 aromatic heterocycles. The van der Waals surface area contributed by atoms with Gasteiger partial charge >= 0.3 is 0 Å². The largest absolute Gasteiger partial charge is 0.390 e. The summed E-state index contributed by atoms with van der Waals surface area (Å²) in [6.07, 6.45) is -4.29. The van der Waals surface area contributed by atoms with Crippen molar-refractivity contribution < 1.29 is 24.4 Å². The van der Waals surface area contributed by atoms with E-state index in [0.717, 1.165) is 0 Å². The number of ether oxygens (including phenoxy) is 3. The molecule has 0 aromatic carbocycles. The van der Waals surface area contributed by atoms with Gasteiger partial charge in [-0.25, -0.2) is 0 Å². The van der Waals surface area contributed by atoms with Crippen LogP contribution in [0.25, 0.3) is 10.4 Å². The van der Waals surface area contributed by atoms with Crippen LogP contribution in [0.1, 0.15) is 13.8 Å². The summed E-state index contributed by atoms with van der Waals surface area (Å²) in [5.41, 5.74) is 8.15. The van der Waals surface area contributed by atoms with Crippen LogP contribution < -0.4 is 0 Å². The molecule has 0 spiro atoms. The third-order valence-electron chi connectivity index (χ3n) is 2.76. The van der Waals surface area contributed by atoms with Crippen LogP contribution in [0.15, 0.2) is 5.11 Å². The molecule has 0 aromatic rings. The molecule has 2 heterocycles. The molecule has 8 heteroatoms. The standard InChI is InChI=1S/C9H15N3O5/c1-9(2)16-7-5(14)6(15-8(7)17-9)4(13)3-11-12-10/h4-8,13-14H,3H2,1-2H3/t4-,5-,6+,7-,8-/m0/s1. The van der Waals surface area contributed by atoms with Gasteiger partial charge < -0.3 is 24.4 Å². The first-order valence-corrected chi connectivity index (χ1v) is 5.33. The molecule has 2 saturated heterocycles. The van der Waals surface area contributed by atoms with Crippen molar-refractivity contribution in [3.8, 4) is 0 Å². The smallest absolute Gasteiger partial charge is 0.190 e. The SMILES string of the molecule is CC1(C)O[C@@H]2O[C@H]([C@@H](O)CN=[N+]=[N-])[C@H](O)[C@@H]2O1. The highest BCUT2D eigenvalue weighted by molar-refractivity contribution is 4.96. The van der Waals surface area contributed by atoms with Gasteiger partial charge in [-0.15, -0.1) is 0 Å². The molecule has 17 heavy (non-hydrogen) atoms. The maximum atomic E-state index is 9.94. The van der Waals surface area contributed by atoms with Gasteiger partial charge in [0, 0.05) is 4.91 Å². The second kappa shape index (κ2) is 4.41. The summed E-state index contributed by atoms with van der Waals surface area (Å²) in [5.74, 6) is -0.808. The topological polar surface area (TPSA) is 117 Å². The summed E-state index contributed by atoms with van der Waals surface area (Å²) in [6, 6.07) is 0. The molecule has 0 aliphatic carbocycles. The zero-order valence-corrected chi connectivity index (χ0v) is 9.55. The third-order valence-corrected chi connectivity index (χ3v) is 2.76. The van der Waals surface area contributed by atoms with Crippen LogP contribution in [-0.4, -0.2) is 53.3 Å². The monoisotopic (exact) mass is 245 g/mol. The summed E-state index contributed by atoms with van der Waals surface area (Å²) >= 11 is 0. The number of hydrogen-bond acceptors (Lipinski definition) is 6. The summed E-state index contributed by atoms with van der Waals surface area (Å²) in [4.78, 5) is 2.53. The van der Waals surface area contributed by atoms with E-state index in [1.54, 1.807) is 13.8 Å². The molecular weight excluding hydrogens is 230 g/mol. The Labute approximate surface area is 97.7 Å². The van der Waals surface area contributed by atoms with E-state index in [9.17, 15) is 10.2 Å². The lowest BCUT2D eigenvalue weighted by molar-refractivity contribution is -0.224. The van der Waals surface area contributed by atoms with Gasteiger partial charge in [0.2, 0.25) is 0 Å². The van der Waals surface area contributed by atoms with Gasteiger partial charge in [-0.2, -0.15) is 0 Å². The van der Waals surface area contributed by atoms with E-state index in [2.05, 4.69) is 10.0 Å². The molecule has 8 nitrogen and oxygen atoms in total. The second-order valence-corrected chi connectivity index (χ2v) is 4.54. The first-order chi connectivity index (χ1) is 7.94. The normalized spacial score (nSPS) is 40.7. The Hall–Kier alpha value is -0.890. The minimum Gasteiger partial charge on any atom is -0.390 e. The van der Waals surface area contributed by atoms with Crippen molar-refractivity contribution in [2.75, 3.05) is 6.54 Å². The molecule has 2 aliphatic rings. The van der Waals surface area contributed by atoms with E-state index in [1.807, 2.05) is 0 Å². The lowest BCUT2D eigenvalue weighted by Crippen LogP contribution is -2.42. The van der Waals surface area contributed by atoms with Crippen molar-refractivity contribution in [3.63, 3.8) is 0 Å². The van der Waals surface area contributed by atoms with Gasteiger partial charge in [-0.05, 0) is 19.4 Å². The highest BCUT2D eigenvalue weighted by atomic mass is 16.8.